The number of amides is 2. The van der Waals surface area contributed by atoms with Crippen LogP contribution in [0.3, 0.4) is 0 Å². The zero-order chi connectivity index (χ0) is 18.9. The van der Waals surface area contributed by atoms with Crippen LogP contribution in [0.4, 0.5) is 5.69 Å². The van der Waals surface area contributed by atoms with Crippen molar-refractivity contribution in [2.24, 2.45) is 0 Å². The Bertz CT molecular complexity index is 717. The van der Waals surface area contributed by atoms with E-state index < -0.39 is 0 Å². The topological polar surface area (TPSA) is 58.2 Å². The van der Waals surface area contributed by atoms with E-state index in [0.29, 0.717) is 12.5 Å². The fourth-order valence-electron chi connectivity index (χ4n) is 2.67. The molecule has 5 heteroatoms. The van der Waals surface area contributed by atoms with Gasteiger partial charge in [0.2, 0.25) is 11.8 Å². The van der Waals surface area contributed by atoms with Gasteiger partial charge in [-0.1, -0.05) is 37.3 Å². The number of rotatable bonds is 8. The van der Waals surface area contributed by atoms with Gasteiger partial charge in [-0.2, -0.15) is 0 Å². The van der Waals surface area contributed by atoms with Crippen LogP contribution in [0.1, 0.15) is 38.7 Å². The van der Waals surface area contributed by atoms with Gasteiger partial charge in [-0.3, -0.25) is 9.59 Å². The third kappa shape index (κ3) is 6.23. The van der Waals surface area contributed by atoms with E-state index in [4.69, 9.17) is 0 Å². The van der Waals surface area contributed by atoms with E-state index in [-0.39, 0.29) is 17.1 Å². The lowest BCUT2D eigenvalue weighted by Gasteiger charge is -2.18. The van der Waals surface area contributed by atoms with E-state index in [1.54, 1.807) is 0 Å². The molecule has 2 amide bonds. The van der Waals surface area contributed by atoms with Crippen LogP contribution in [0.5, 0.6) is 0 Å². The molecule has 26 heavy (non-hydrogen) atoms. The van der Waals surface area contributed by atoms with Gasteiger partial charge < -0.3 is 10.6 Å². The average molecular weight is 371 g/mol. The quantitative estimate of drug-likeness (QED) is 0.676. The summed E-state index contributed by atoms with van der Waals surface area (Å²) in [5.41, 5.74) is 2.01. The van der Waals surface area contributed by atoms with E-state index in [1.165, 1.54) is 24.2 Å². The Morgan fingerprint density at radius 3 is 2.27 bits per heavy atom. The molecule has 0 aliphatic carbocycles. The van der Waals surface area contributed by atoms with Crippen LogP contribution < -0.4 is 10.6 Å². The molecule has 0 radical (unpaired) electrons. The first-order valence-electron chi connectivity index (χ1n) is 8.86. The summed E-state index contributed by atoms with van der Waals surface area (Å²) in [7, 11) is 0. The van der Waals surface area contributed by atoms with Gasteiger partial charge in [-0.25, -0.2) is 0 Å². The Morgan fingerprint density at radius 1 is 1.04 bits per heavy atom. The van der Waals surface area contributed by atoms with Crippen molar-refractivity contribution in [1.82, 2.24) is 5.32 Å². The number of thioether (sulfide) groups is 1. The van der Waals surface area contributed by atoms with Crippen molar-refractivity contribution >= 4 is 29.3 Å². The molecule has 2 unspecified atom stereocenters. The molecule has 4 nitrogen and oxygen atoms in total. The molecule has 0 aromatic heterocycles. The number of anilines is 1. The minimum atomic E-state index is -0.185. The fourth-order valence-corrected chi connectivity index (χ4v) is 3.56. The molecular formula is C21H26N2O2S. The molecule has 2 N–H and O–H groups in total. The number of carbonyl (C=O) groups excluding carboxylic acids is 2. The Labute approximate surface area is 159 Å². The first kappa shape index (κ1) is 20.0. The highest BCUT2D eigenvalue weighted by Crippen LogP contribution is 2.25. The van der Waals surface area contributed by atoms with Gasteiger partial charge in [-0.05, 0) is 43.2 Å². The zero-order valence-corrected chi connectivity index (χ0v) is 16.3. The normalized spacial score (nSPS) is 12.9. The predicted molar refractivity (Wildman–Crippen MR) is 109 cm³/mol. The summed E-state index contributed by atoms with van der Waals surface area (Å²) >= 11 is 1.51. The van der Waals surface area contributed by atoms with Crippen LogP contribution in [-0.2, 0) is 9.59 Å². The summed E-state index contributed by atoms with van der Waals surface area (Å²) in [6, 6.07) is 17.8. The monoisotopic (exact) mass is 370 g/mol. The Morgan fingerprint density at radius 2 is 1.69 bits per heavy atom. The number of nitrogens with one attached hydrogen (secondary N) is 2. The van der Waals surface area contributed by atoms with Gasteiger partial charge in [-0.15, -0.1) is 11.8 Å². The van der Waals surface area contributed by atoms with Gasteiger partial charge >= 0.3 is 0 Å². The van der Waals surface area contributed by atoms with Crippen LogP contribution in [0.25, 0.3) is 0 Å². The maximum absolute atomic E-state index is 12.4. The molecule has 2 rings (SSSR count). The highest BCUT2D eigenvalue weighted by Gasteiger charge is 2.16. The summed E-state index contributed by atoms with van der Waals surface area (Å²) < 4.78 is 0. The maximum atomic E-state index is 12.4. The van der Waals surface area contributed by atoms with Crippen molar-refractivity contribution in [3.8, 4) is 0 Å². The van der Waals surface area contributed by atoms with Crippen molar-refractivity contribution in [2.45, 2.75) is 43.3 Å². The van der Waals surface area contributed by atoms with Gasteiger partial charge in [0.15, 0.2) is 0 Å². The van der Waals surface area contributed by atoms with Crippen LogP contribution in [0.2, 0.25) is 0 Å². The van der Waals surface area contributed by atoms with Crippen LogP contribution >= 0.6 is 11.8 Å². The second-order valence-electron chi connectivity index (χ2n) is 6.23. The molecule has 0 aliphatic rings. The van der Waals surface area contributed by atoms with Crippen molar-refractivity contribution in [3.05, 3.63) is 60.2 Å². The fraction of sp³-hybridized carbons (Fsp3) is 0.333. The van der Waals surface area contributed by atoms with Crippen LogP contribution in [0.15, 0.2) is 59.5 Å². The number of benzene rings is 2. The Balaban J connectivity index is 1.86. The highest BCUT2D eigenvalue weighted by atomic mass is 32.2. The van der Waals surface area contributed by atoms with E-state index in [2.05, 4.69) is 29.7 Å². The molecule has 0 aliphatic heterocycles. The largest absolute Gasteiger partial charge is 0.355 e. The maximum Gasteiger partial charge on any atom is 0.233 e. The van der Waals surface area contributed by atoms with Gasteiger partial charge in [0.1, 0.15) is 0 Å². The van der Waals surface area contributed by atoms with E-state index in [0.717, 1.165) is 17.0 Å². The SMILES string of the molecule is CCC(CNC(=O)C(C)Sc1ccc(NC(C)=O)cc1)c1ccccc1. The molecule has 0 fully saturated rings. The van der Waals surface area contributed by atoms with E-state index >= 15 is 0 Å². The van der Waals surface area contributed by atoms with Gasteiger partial charge in [0, 0.05) is 30.0 Å². The van der Waals surface area contributed by atoms with Crippen LogP contribution in [-0.4, -0.2) is 23.6 Å². The highest BCUT2D eigenvalue weighted by molar-refractivity contribution is 8.00. The molecule has 0 saturated heterocycles. The minimum Gasteiger partial charge on any atom is -0.355 e. The number of hydrogen-bond donors (Lipinski definition) is 2. The molecular weight excluding hydrogens is 344 g/mol. The van der Waals surface area contributed by atoms with E-state index in [9.17, 15) is 9.59 Å². The van der Waals surface area contributed by atoms with Gasteiger partial charge in [0.05, 0.1) is 5.25 Å². The van der Waals surface area contributed by atoms with Crippen molar-refractivity contribution in [2.75, 3.05) is 11.9 Å². The predicted octanol–water partition coefficient (Wildman–Crippen LogP) is 4.44. The molecule has 0 bridgehead atoms. The number of carbonyl (C=O) groups is 2. The molecule has 0 heterocycles. The van der Waals surface area contributed by atoms with Crippen molar-refractivity contribution in [1.29, 1.82) is 0 Å². The first-order valence-corrected chi connectivity index (χ1v) is 9.74. The standard InChI is InChI=1S/C21H26N2O2S/c1-4-17(18-8-6-5-7-9-18)14-22-21(25)15(2)26-20-12-10-19(11-13-20)23-16(3)24/h5-13,15,17H,4,14H2,1-3H3,(H,22,25)(H,23,24). The summed E-state index contributed by atoms with van der Waals surface area (Å²) in [6.45, 7) is 6.17. The smallest absolute Gasteiger partial charge is 0.233 e. The minimum absolute atomic E-state index is 0.0373. The number of hydrogen-bond acceptors (Lipinski definition) is 3. The lowest BCUT2D eigenvalue weighted by atomic mass is 9.96. The lowest BCUT2D eigenvalue weighted by Crippen LogP contribution is -2.34. The third-order valence-corrected chi connectivity index (χ3v) is 5.26. The summed E-state index contributed by atoms with van der Waals surface area (Å²) in [5.74, 6) is 0.270. The molecule has 2 aromatic rings. The Hall–Kier alpha value is -2.27. The van der Waals surface area contributed by atoms with Gasteiger partial charge in [0.25, 0.3) is 0 Å². The molecule has 0 saturated carbocycles. The van der Waals surface area contributed by atoms with Crippen LogP contribution in [0, 0.1) is 0 Å². The molecule has 2 atom stereocenters. The lowest BCUT2D eigenvalue weighted by molar-refractivity contribution is -0.120. The first-order chi connectivity index (χ1) is 12.5. The second kappa shape index (κ2) is 10.0. The summed E-state index contributed by atoms with van der Waals surface area (Å²) in [4.78, 5) is 24.5. The average Bonchev–Trinajstić information content (AvgIpc) is 2.64. The summed E-state index contributed by atoms with van der Waals surface area (Å²) in [6.07, 6.45) is 0.983. The third-order valence-electron chi connectivity index (χ3n) is 4.14. The summed E-state index contributed by atoms with van der Waals surface area (Å²) in [5, 5.41) is 5.62. The Kier molecular flexibility index (Phi) is 7.73. The molecule has 138 valence electrons. The second-order valence-corrected chi connectivity index (χ2v) is 7.64. The van der Waals surface area contributed by atoms with Crippen molar-refractivity contribution < 1.29 is 9.59 Å². The zero-order valence-electron chi connectivity index (χ0n) is 15.5. The van der Waals surface area contributed by atoms with Crippen molar-refractivity contribution in [3.63, 3.8) is 0 Å². The van der Waals surface area contributed by atoms with E-state index in [1.807, 2.05) is 49.4 Å². The molecule has 2 aromatic carbocycles. The molecule has 0 spiro atoms.